The van der Waals surface area contributed by atoms with E-state index in [-0.39, 0.29) is 48.2 Å². The number of carbonyl (C=O) groups excluding carboxylic acids is 1. The highest BCUT2D eigenvalue weighted by molar-refractivity contribution is 5.85. The first kappa shape index (κ1) is 46.1. The van der Waals surface area contributed by atoms with Crippen LogP contribution in [0.3, 0.4) is 0 Å². The largest absolute Gasteiger partial charge is 0.458 e. The Morgan fingerprint density at radius 3 is 2.10 bits per heavy atom. The summed E-state index contributed by atoms with van der Waals surface area (Å²) >= 11 is 0. The number of esters is 1. The molecule has 0 spiro atoms. The number of aliphatic hydroxyl groups excluding tert-OH is 9. The summed E-state index contributed by atoms with van der Waals surface area (Å²) in [7, 11) is 1.38. The van der Waals surface area contributed by atoms with Gasteiger partial charge in [0.2, 0.25) is 0 Å². The maximum atomic E-state index is 12.6. The molecule has 0 aromatic heterocycles. The quantitative estimate of drug-likeness (QED) is 0.0818. The van der Waals surface area contributed by atoms with Crippen molar-refractivity contribution in [2.45, 2.75) is 182 Å². The van der Waals surface area contributed by atoms with E-state index in [1.807, 2.05) is 0 Å². The lowest BCUT2D eigenvalue weighted by atomic mass is 9.43. The summed E-state index contributed by atoms with van der Waals surface area (Å²) in [5, 5.41) is 108. The highest BCUT2D eigenvalue weighted by Gasteiger charge is 2.70. The van der Waals surface area contributed by atoms with Gasteiger partial charge in [0, 0.05) is 30.9 Å². The first-order valence-corrected chi connectivity index (χ1v) is 21.9. The molecule has 1 unspecified atom stereocenters. The molecule has 348 valence electrons. The Morgan fingerprint density at radius 1 is 0.754 bits per heavy atom. The zero-order valence-corrected chi connectivity index (χ0v) is 35.1. The van der Waals surface area contributed by atoms with Crippen LogP contribution in [0.4, 0.5) is 0 Å². The van der Waals surface area contributed by atoms with E-state index < -0.39 is 128 Å². The van der Waals surface area contributed by atoms with Crippen molar-refractivity contribution in [2.75, 3.05) is 26.9 Å². The van der Waals surface area contributed by atoms with Crippen molar-refractivity contribution in [1.29, 1.82) is 0 Å². The Balaban J connectivity index is 0.880. The van der Waals surface area contributed by atoms with Crippen LogP contribution in [0.2, 0.25) is 0 Å². The molecule has 4 aliphatic carbocycles. The number of aliphatic hydroxyl groups is 10. The van der Waals surface area contributed by atoms with Crippen LogP contribution in [0.1, 0.15) is 72.1 Å². The van der Waals surface area contributed by atoms with E-state index in [0.717, 1.165) is 44.1 Å². The predicted molar refractivity (Wildman–Crippen MR) is 204 cm³/mol. The van der Waals surface area contributed by atoms with Gasteiger partial charge in [-0.05, 0) is 80.6 Å². The average Bonchev–Trinajstić information content (AvgIpc) is 3.74. The Kier molecular flexibility index (Phi) is 13.1. The standard InChI is InChI=1S/C42H66O19/c1-17-35(61-38-33(51)31(49)29(47)25(60-38)16-56-37-32(50)30(48)28(46)24(14-43)59-37)36(54-4)34(52)39(57-17)58-20-7-9-40(2)19(12-20)5-6-22-21(40)8-10-41(3)27(18-11-26(45)55-15-18)23(44)13-42(22,41)53/h11,17,19-25,27-39,43-44,46-53H,5-10,12-16H2,1-4H3/t17-,19+,20-,21-,22+,23-,24+,25+,27-,28+,29+,30-,31-,32+,33+,34-,35+,36-,37+,38-,39?,40-,41+,42-/m0/s1. The van der Waals surface area contributed by atoms with E-state index in [1.54, 1.807) is 6.92 Å². The molecule has 3 saturated heterocycles. The number of hydrogen-bond acceptors (Lipinski definition) is 19. The van der Waals surface area contributed by atoms with Gasteiger partial charge in [0.25, 0.3) is 0 Å². The Labute approximate surface area is 354 Å². The molecule has 8 aliphatic rings. The molecule has 0 radical (unpaired) electrons. The van der Waals surface area contributed by atoms with Gasteiger partial charge in [0.1, 0.15) is 73.8 Å². The fourth-order valence-corrected chi connectivity index (χ4v) is 13.0. The van der Waals surface area contributed by atoms with Gasteiger partial charge in [-0.15, -0.1) is 0 Å². The Morgan fingerprint density at radius 2 is 1.43 bits per heavy atom. The van der Waals surface area contributed by atoms with Crippen LogP contribution >= 0.6 is 0 Å². The number of methoxy groups -OCH3 is 1. The zero-order chi connectivity index (χ0) is 43.9. The van der Waals surface area contributed by atoms with Crippen molar-refractivity contribution in [3.05, 3.63) is 11.6 Å². The number of rotatable bonds is 10. The summed E-state index contributed by atoms with van der Waals surface area (Å²) in [4.78, 5) is 12.0. The summed E-state index contributed by atoms with van der Waals surface area (Å²) in [5.41, 5.74) is -0.986. The monoisotopic (exact) mass is 874 g/mol. The van der Waals surface area contributed by atoms with E-state index >= 15 is 0 Å². The smallest absolute Gasteiger partial charge is 0.331 e. The van der Waals surface area contributed by atoms with Crippen LogP contribution in [-0.2, 0) is 42.7 Å². The van der Waals surface area contributed by atoms with E-state index in [0.29, 0.717) is 6.42 Å². The maximum Gasteiger partial charge on any atom is 0.331 e. The fourth-order valence-electron chi connectivity index (χ4n) is 13.0. The topological polar surface area (TPSA) is 293 Å². The molecule has 0 bridgehead atoms. The van der Waals surface area contributed by atoms with E-state index in [4.69, 9.17) is 37.9 Å². The first-order valence-electron chi connectivity index (χ1n) is 21.9. The molecule has 4 heterocycles. The molecule has 19 heteroatoms. The van der Waals surface area contributed by atoms with E-state index in [1.165, 1.54) is 13.2 Å². The highest BCUT2D eigenvalue weighted by atomic mass is 16.8. The third-order valence-electron chi connectivity index (χ3n) is 16.5. The van der Waals surface area contributed by atoms with Crippen molar-refractivity contribution in [3.63, 3.8) is 0 Å². The fraction of sp³-hybridized carbons (Fsp3) is 0.929. The molecule has 8 rings (SSSR count). The van der Waals surface area contributed by atoms with Gasteiger partial charge in [-0.3, -0.25) is 0 Å². The Hall–Kier alpha value is -1.47. The summed E-state index contributed by atoms with van der Waals surface area (Å²) in [6.45, 7) is 5.01. The third kappa shape index (κ3) is 7.73. The SMILES string of the molecule is CO[C@@H]1[C@H](O[C@@H]2O[C@H](CO[C@@H]3O[C@H](CO)[C@@H](O)[C@H](O)[C@H]3O)[C@@H](O)[C@H](O)[C@H]2O)[C@H](C)OC(O[C@H]2CC[C@@]3(C)[C@H](CC[C@@H]4[C@@H]3CC[C@]3(C)[C@@H](C5=CC(=O)OC5)[C@@H](O)C[C@]43O)C2)[C@H]1O. The van der Waals surface area contributed by atoms with Crippen LogP contribution in [0.25, 0.3) is 0 Å². The molecule has 0 amide bonds. The summed E-state index contributed by atoms with van der Waals surface area (Å²) in [6.07, 6.45) is -15.1. The minimum atomic E-state index is -1.78. The first-order chi connectivity index (χ1) is 28.9. The van der Waals surface area contributed by atoms with Gasteiger partial charge in [-0.2, -0.15) is 0 Å². The van der Waals surface area contributed by atoms with Gasteiger partial charge in [0.15, 0.2) is 18.9 Å². The average molecular weight is 875 g/mol. The molecular weight excluding hydrogens is 808 g/mol. The van der Waals surface area contributed by atoms with Crippen LogP contribution in [-0.4, -0.2) is 194 Å². The molecule has 4 saturated carbocycles. The molecular formula is C42H66O19. The molecule has 4 aliphatic heterocycles. The second-order valence-electron chi connectivity index (χ2n) is 19.5. The van der Waals surface area contributed by atoms with Crippen LogP contribution in [0, 0.1) is 34.5 Å². The molecule has 61 heavy (non-hydrogen) atoms. The van der Waals surface area contributed by atoms with Crippen molar-refractivity contribution in [1.82, 2.24) is 0 Å². The number of ether oxygens (including phenoxy) is 8. The minimum Gasteiger partial charge on any atom is -0.458 e. The summed E-state index contributed by atoms with van der Waals surface area (Å²) in [6, 6.07) is 0. The summed E-state index contributed by atoms with van der Waals surface area (Å²) in [5.74, 6) is -0.235. The second-order valence-corrected chi connectivity index (χ2v) is 19.5. The lowest BCUT2D eigenvalue weighted by Crippen LogP contribution is -2.65. The van der Waals surface area contributed by atoms with Crippen LogP contribution in [0.5, 0.6) is 0 Å². The molecule has 0 aromatic carbocycles. The molecule has 7 fully saturated rings. The second kappa shape index (κ2) is 17.4. The van der Waals surface area contributed by atoms with Crippen molar-refractivity contribution in [3.8, 4) is 0 Å². The van der Waals surface area contributed by atoms with Gasteiger partial charge in [-0.1, -0.05) is 13.8 Å². The van der Waals surface area contributed by atoms with Crippen LogP contribution < -0.4 is 0 Å². The predicted octanol–water partition coefficient (Wildman–Crippen LogP) is -2.27. The molecule has 24 atom stereocenters. The third-order valence-corrected chi connectivity index (χ3v) is 16.5. The number of cyclic esters (lactones) is 1. The van der Waals surface area contributed by atoms with E-state index in [9.17, 15) is 55.9 Å². The van der Waals surface area contributed by atoms with Crippen molar-refractivity contribution in [2.24, 2.45) is 34.5 Å². The number of fused-ring (bicyclic) bond motifs is 5. The van der Waals surface area contributed by atoms with Gasteiger partial charge in [-0.25, -0.2) is 4.79 Å². The lowest BCUT2D eigenvalue weighted by molar-refractivity contribution is -0.367. The number of hydrogen-bond donors (Lipinski definition) is 10. The molecule has 0 aromatic rings. The van der Waals surface area contributed by atoms with Crippen molar-refractivity contribution >= 4 is 5.97 Å². The zero-order valence-electron chi connectivity index (χ0n) is 35.1. The minimum absolute atomic E-state index is 0.00622. The van der Waals surface area contributed by atoms with Crippen molar-refractivity contribution < 1.29 is 93.8 Å². The highest BCUT2D eigenvalue weighted by Crippen LogP contribution is 2.70. The molecule has 19 nitrogen and oxygen atoms in total. The van der Waals surface area contributed by atoms with Crippen LogP contribution in [0.15, 0.2) is 11.6 Å². The number of carbonyl (C=O) groups is 1. The van der Waals surface area contributed by atoms with Gasteiger partial charge < -0.3 is 89.0 Å². The molecule has 10 N–H and O–H groups in total. The maximum absolute atomic E-state index is 12.6. The van der Waals surface area contributed by atoms with E-state index in [2.05, 4.69) is 13.8 Å². The Bertz CT molecular complexity index is 1600. The normalized spacial score (nSPS) is 55.0. The van der Waals surface area contributed by atoms with Gasteiger partial charge >= 0.3 is 5.97 Å². The van der Waals surface area contributed by atoms with Gasteiger partial charge in [0.05, 0.1) is 37.1 Å². The summed E-state index contributed by atoms with van der Waals surface area (Å²) < 4.78 is 46.5. The lowest BCUT2D eigenvalue weighted by Gasteiger charge is -2.63.